The molecule has 0 fully saturated rings. The molecule has 1 unspecified atom stereocenters. The standard InChI is InChI=1S/C12H16N2O2/c1-4-9(13-2)12-14-10-6-5-8(15-3)7-11(10)16-12/h5-7,9,13H,4H2,1-3H3. The molecule has 4 nitrogen and oxygen atoms in total. The Morgan fingerprint density at radius 1 is 1.50 bits per heavy atom. The average Bonchev–Trinajstić information content (AvgIpc) is 2.72. The molecule has 2 aromatic rings. The van der Waals surface area contributed by atoms with Crippen LogP contribution in [0, 0.1) is 0 Å². The summed E-state index contributed by atoms with van der Waals surface area (Å²) in [5, 5.41) is 3.17. The second-order valence-electron chi connectivity index (χ2n) is 3.64. The Kier molecular flexibility index (Phi) is 3.10. The lowest BCUT2D eigenvalue weighted by atomic mass is 10.2. The van der Waals surface area contributed by atoms with Gasteiger partial charge in [0.2, 0.25) is 5.89 Å². The normalized spacial score (nSPS) is 12.9. The van der Waals surface area contributed by atoms with Crippen LogP contribution in [0.5, 0.6) is 5.75 Å². The van der Waals surface area contributed by atoms with Gasteiger partial charge in [-0.15, -0.1) is 0 Å². The van der Waals surface area contributed by atoms with Crippen molar-refractivity contribution in [2.24, 2.45) is 0 Å². The molecule has 1 heterocycles. The van der Waals surface area contributed by atoms with Crippen LogP contribution in [0.1, 0.15) is 25.3 Å². The van der Waals surface area contributed by atoms with Gasteiger partial charge in [-0.3, -0.25) is 0 Å². The topological polar surface area (TPSA) is 47.3 Å². The summed E-state index contributed by atoms with van der Waals surface area (Å²) in [5.41, 5.74) is 1.63. The summed E-state index contributed by atoms with van der Waals surface area (Å²) in [7, 11) is 3.55. The molecule has 2 rings (SSSR count). The van der Waals surface area contributed by atoms with Gasteiger partial charge in [-0.2, -0.15) is 0 Å². The van der Waals surface area contributed by atoms with Gasteiger partial charge < -0.3 is 14.5 Å². The fourth-order valence-corrected chi connectivity index (χ4v) is 1.70. The second kappa shape index (κ2) is 4.53. The maximum absolute atomic E-state index is 5.70. The van der Waals surface area contributed by atoms with E-state index < -0.39 is 0 Å². The van der Waals surface area contributed by atoms with Crippen LogP contribution >= 0.6 is 0 Å². The molecule has 0 saturated carbocycles. The van der Waals surface area contributed by atoms with E-state index in [1.165, 1.54) is 0 Å². The first-order chi connectivity index (χ1) is 7.78. The largest absolute Gasteiger partial charge is 0.497 e. The van der Waals surface area contributed by atoms with Gasteiger partial charge in [0.15, 0.2) is 5.58 Å². The third kappa shape index (κ3) is 1.88. The molecule has 1 N–H and O–H groups in total. The first-order valence-corrected chi connectivity index (χ1v) is 5.40. The van der Waals surface area contributed by atoms with E-state index in [0.717, 1.165) is 29.2 Å². The van der Waals surface area contributed by atoms with E-state index in [1.807, 2.05) is 25.2 Å². The van der Waals surface area contributed by atoms with Gasteiger partial charge in [0.1, 0.15) is 11.3 Å². The van der Waals surface area contributed by atoms with Crippen LogP contribution in [0.15, 0.2) is 22.6 Å². The molecule has 0 saturated heterocycles. The van der Waals surface area contributed by atoms with Crippen molar-refractivity contribution < 1.29 is 9.15 Å². The predicted octanol–water partition coefficient (Wildman–Crippen LogP) is 2.51. The summed E-state index contributed by atoms with van der Waals surface area (Å²) in [6.07, 6.45) is 0.945. The van der Waals surface area contributed by atoms with E-state index in [9.17, 15) is 0 Å². The van der Waals surface area contributed by atoms with Crippen molar-refractivity contribution in [3.05, 3.63) is 24.1 Å². The summed E-state index contributed by atoms with van der Waals surface area (Å²) in [6, 6.07) is 5.81. The molecule has 0 aliphatic carbocycles. The molecule has 1 aromatic heterocycles. The fraction of sp³-hybridized carbons (Fsp3) is 0.417. The number of rotatable bonds is 4. The minimum absolute atomic E-state index is 0.165. The minimum Gasteiger partial charge on any atom is -0.497 e. The van der Waals surface area contributed by atoms with Crippen molar-refractivity contribution in [3.63, 3.8) is 0 Å². The summed E-state index contributed by atoms with van der Waals surface area (Å²) in [5.74, 6) is 1.51. The van der Waals surface area contributed by atoms with Crippen LogP contribution in [0.2, 0.25) is 0 Å². The third-order valence-electron chi connectivity index (χ3n) is 2.67. The monoisotopic (exact) mass is 220 g/mol. The number of hydrogen-bond donors (Lipinski definition) is 1. The number of aromatic nitrogens is 1. The highest BCUT2D eigenvalue weighted by Crippen LogP contribution is 2.25. The molecule has 0 spiro atoms. The van der Waals surface area contributed by atoms with E-state index in [0.29, 0.717) is 0 Å². The summed E-state index contributed by atoms with van der Waals surface area (Å²) in [4.78, 5) is 4.45. The van der Waals surface area contributed by atoms with Crippen molar-refractivity contribution in [1.29, 1.82) is 0 Å². The highest BCUT2D eigenvalue weighted by molar-refractivity contribution is 5.74. The highest BCUT2D eigenvalue weighted by Gasteiger charge is 2.14. The number of oxazole rings is 1. The zero-order valence-electron chi connectivity index (χ0n) is 9.78. The molecule has 0 bridgehead atoms. The van der Waals surface area contributed by atoms with Crippen molar-refractivity contribution in [1.82, 2.24) is 10.3 Å². The molecular weight excluding hydrogens is 204 g/mol. The van der Waals surface area contributed by atoms with E-state index in [2.05, 4.69) is 17.2 Å². The fourth-order valence-electron chi connectivity index (χ4n) is 1.70. The molecular formula is C12H16N2O2. The Labute approximate surface area is 94.6 Å². The molecule has 16 heavy (non-hydrogen) atoms. The molecule has 1 atom stereocenters. The molecule has 86 valence electrons. The first kappa shape index (κ1) is 11.0. The Hall–Kier alpha value is -1.55. The van der Waals surface area contributed by atoms with Gasteiger partial charge in [-0.1, -0.05) is 6.92 Å². The van der Waals surface area contributed by atoms with Crippen LogP contribution in [-0.2, 0) is 0 Å². The smallest absolute Gasteiger partial charge is 0.212 e. The van der Waals surface area contributed by atoms with Gasteiger partial charge in [0.05, 0.1) is 13.2 Å². The number of nitrogens with one attached hydrogen (secondary N) is 1. The lowest BCUT2D eigenvalue weighted by molar-refractivity contribution is 0.410. The minimum atomic E-state index is 0.165. The number of methoxy groups -OCH3 is 1. The van der Waals surface area contributed by atoms with Crippen molar-refractivity contribution in [3.8, 4) is 5.75 Å². The zero-order chi connectivity index (χ0) is 11.5. The molecule has 1 aromatic carbocycles. The van der Waals surface area contributed by atoms with Crippen LogP contribution in [0.4, 0.5) is 0 Å². The quantitative estimate of drug-likeness (QED) is 0.860. The van der Waals surface area contributed by atoms with Crippen LogP contribution in [0.3, 0.4) is 0 Å². The molecule has 0 aliphatic heterocycles. The maximum atomic E-state index is 5.70. The molecule has 4 heteroatoms. The van der Waals surface area contributed by atoms with Gasteiger partial charge in [0, 0.05) is 6.07 Å². The lowest BCUT2D eigenvalue weighted by Gasteiger charge is -2.07. The second-order valence-corrected chi connectivity index (χ2v) is 3.64. The lowest BCUT2D eigenvalue weighted by Crippen LogP contribution is -2.15. The number of fused-ring (bicyclic) bond motifs is 1. The van der Waals surface area contributed by atoms with Crippen molar-refractivity contribution >= 4 is 11.1 Å². The molecule has 0 amide bonds. The number of benzene rings is 1. The zero-order valence-corrected chi connectivity index (χ0v) is 9.78. The van der Waals surface area contributed by atoms with Crippen LogP contribution in [0.25, 0.3) is 11.1 Å². The number of hydrogen-bond acceptors (Lipinski definition) is 4. The van der Waals surface area contributed by atoms with Crippen molar-refractivity contribution in [2.45, 2.75) is 19.4 Å². The first-order valence-electron chi connectivity index (χ1n) is 5.40. The Morgan fingerprint density at radius 2 is 2.31 bits per heavy atom. The average molecular weight is 220 g/mol. The van der Waals surface area contributed by atoms with E-state index in [4.69, 9.17) is 9.15 Å². The van der Waals surface area contributed by atoms with Gasteiger partial charge in [-0.25, -0.2) is 4.98 Å². The molecule has 0 aliphatic rings. The SMILES string of the molecule is CCC(NC)c1nc2ccc(OC)cc2o1. The van der Waals surface area contributed by atoms with Gasteiger partial charge >= 0.3 is 0 Å². The Balaban J connectivity index is 2.43. The van der Waals surface area contributed by atoms with Crippen LogP contribution < -0.4 is 10.1 Å². The molecule has 0 radical (unpaired) electrons. The predicted molar refractivity (Wildman–Crippen MR) is 62.7 cm³/mol. The summed E-state index contributed by atoms with van der Waals surface area (Å²) in [6.45, 7) is 2.09. The van der Waals surface area contributed by atoms with Gasteiger partial charge in [0.25, 0.3) is 0 Å². The number of ether oxygens (including phenoxy) is 1. The number of nitrogens with zero attached hydrogens (tertiary/aromatic N) is 1. The Morgan fingerprint density at radius 3 is 2.94 bits per heavy atom. The van der Waals surface area contributed by atoms with Crippen LogP contribution in [-0.4, -0.2) is 19.1 Å². The third-order valence-corrected chi connectivity index (χ3v) is 2.67. The maximum Gasteiger partial charge on any atom is 0.212 e. The van der Waals surface area contributed by atoms with E-state index in [-0.39, 0.29) is 6.04 Å². The van der Waals surface area contributed by atoms with E-state index in [1.54, 1.807) is 7.11 Å². The van der Waals surface area contributed by atoms with E-state index >= 15 is 0 Å². The summed E-state index contributed by atoms with van der Waals surface area (Å²) < 4.78 is 10.8. The summed E-state index contributed by atoms with van der Waals surface area (Å²) >= 11 is 0. The van der Waals surface area contributed by atoms with Gasteiger partial charge in [-0.05, 0) is 25.6 Å². The Bertz CT molecular complexity index is 475. The highest BCUT2D eigenvalue weighted by atomic mass is 16.5. The van der Waals surface area contributed by atoms with Crippen molar-refractivity contribution in [2.75, 3.05) is 14.2 Å².